The summed E-state index contributed by atoms with van der Waals surface area (Å²) in [5.74, 6) is 0.0939. The Kier molecular flexibility index (Phi) is 3.55. The van der Waals surface area contributed by atoms with Gasteiger partial charge in [-0.05, 0) is 12.8 Å². The minimum atomic E-state index is -0.835. The average Bonchev–Trinajstić information content (AvgIpc) is 3.13. The van der Waals surface area contributed by atoms with Gasteiger partial charge >= 0.3 is 6.03 Å². The van der Waals surface area contributed by atoms with Crippen molar-refractivity contribution in [3.63, 3.8) is 0 Å². The molecule has 2 fully saturated rings. The van der Waals surface area contributed by atoms with Crippen LogP contribution in [-0.4, -0.2) is 34.0 Å². The summed E-state index contributed by atoms with van der Waals surface area (Å²) in [7, 11) is 0. The molecule has 1 atom stereocenters. The molecule has 3 rings (SSSR count). The fourth-order valence-corrected chi connectivity index (χ4v) is 2.98. The summed E-state index contributed by atoms with van der Waals surface area (Å²) in [5.41, 5.74) is -0.645. The fraction of sp³-hybridized carbons (Fsp3) is 0.615. The molecule has 118 valence electrons. The number of aromatic nitrogens is 2. The number of hydrogen-bond donors (Lipinski definition) is 3. The molecular weight excluding hydrogens is 290 g/mol. The maximum Gasteiger partial charge on any atom is 0.322 e. The number of nitrogens with one attached hydrogen (secondary N) is 3. The normalized spacial score (nSPS) is 23.2. The highest BCUT2D eigenvalue weighted by atomic mass is 16.5. The molecule has 1 saturated heterocycles. The van der Waals surface area contributed by atoms with Gasteiger partial charge in [-0.25, -0.2) is 4.79 Å². The molecule has 2 heterocycles. The van der Waals surface area contributed by atoms with Crippen molar-refractivity contribution in [3.05, 3.63) is 11.7 Å². The van der Waals surface area contributed by atoms with E-state index in [1.165, 1.54) is 0 Å². The predicted molar refractivity (Wildman–Crippen MR) is 72.4 cm³/mol. The Morgan fingerprint density at radius 2 is 2.14 bits per heavy atom. The first kappa shape index (κ1) is 14.5. The first-order chi connectivity index (χ1) is 10.5. The van der Waals surface area contributed by atoms with Crippen LogP contribution in [0.1, 0.15) is 43.8 Å². The Hall–Kier alpha value is -2.45. The molecule has 0 aromatic carbocycles. The molecule has 0 bridgehead atoms. The Morgan fingerprint density at radius 3 is 2.68 bits per heavy atom. The highest BCUT2D eigenvalue weighted by molar-refractivity contribution is 6.05. The van der Waals surface area contributed by atoms with Crippen LogP contribution < -0.4 is 16.0 Å². The van der Waals surface area contributed by atoms with Crippen molar-refractivity contribution in [2.75, 3.05) is 0 Å². The summed E-state index contributed by atoms with van der Waals surface area (Å²) in [6.07, 6.45) is 3.24. The quantitative estimate of drug-likeness (QED) is 0.665. The maximum absolute atomic E-state index is 12.3. The maximum atomic E-state index is 12.3. The lowest BCUT2D eigenvalue weighted by Gasteiger charge is -2.27. The zero-order valence-electron chi connectivity index (χ0n) is 12.1. The van der Waals surface area contributed by atoms with E-state index < -0.39 is 23.5 Å². The third-order valence-corrected chi connectivity index (χ3v) is 4.04. The van der Waals surface area contributed by atoms with Crippen LogP contribution >= 0.6 is 0 Å². The largest absolute Gasteiger partial charge is 0.343 e. The van der Waals surface area contributed by atoms with Crippen molar-refractivity contribution in [1.29, 1.82) is 0 Å². The van der Waals surface area contributed by atoms with Crippen LogP contribution in [0.25, 0.3) is 0 Å². The second-order valence-electron chi connectivity index (χ2n) is 5.69. The van der Waals surface area contributed by atoms with Crippen LogP contribution in [-0.2, 0) is 15.1 Å². The van der Waals surface area contributed by atoms with Gasteiger partial charge in [-0.3, -0.25) is 14.9 Å². The van der Waals surface area contributed by atoms with Crippen LogP contribution in [0.5, 0.6) is 0 Å². The third kappa shape index (κ3) is 2.66. The van der Waals surface area contributed by atoms with E-state index in [0.717, 1.165) is 25.7 Å². The van der Waals surface area contributed by atoms with E-state index in [0.29, 0.717) is 11.7 Å². The third-order valence-electron chi connectivity index (χ3n) is 4.04. The smallest absolute Gasteiger partial charge is 0.322 e. The summed E-state index contributed by atoms with van der Waals surface area (Å²) in [6, 6.07) is -1.41. The zero-order chi connectivity index (χ0) is 15.7. The van der Waals surface area contributed by atoms with Gasteiger partial charge in [-0.1, -0.05) is 18.0 Å². The van der Waals surface area contributed by atoms with Crippen molar-refractivity contribution in [1.82, 2.24) is 26.1 Å². The molecule has 1 aliphatic heterocycles. The van der Waals surface area contributed by atoms with Crippen molar-refractivity contribution < 1.29 is 18.9 Å². The number of imide groups is 1. The van der Waals surface area contributed by atoms with E-state index in [1.54, 1.807) is 6.92 Å². The molecule has 2 aliphatic rings. The van der Waals surface area contributed by atoms with E-state index in [2.05, 4.69) is 26.1 Å². The topological polar surface area (TPSA) is 126 Å². The molecule has 4 amide bonds. The Balaban J connectivity index is 1.70. The molecular formula is C13H17N5O4. The lowest BCUT2D eigenvalue weighted by Crippen LogP contribution is -2.47. The number of rotatable bonds is 4. The van der Waals surface area contributed by atoms with Gasteiger partial charge in [0.15, 0.2) is 5.82 Å². The molecule has 1 aromatic rings. The van der Waals surface area contributed by atoms with E-state index in [9.17, 15) is 14.4 Å². The molecule has 1 aromatic heterocycles. The standard InChI is InChI=1S/C13H17N5O4/c1-7-14-11(18-22-7)13(4-2-3-5-13)17-9(19)6-8-10(20)16-12(21)15-8/h8H,2-6H2,1H3,(H,17,19)(H2,15,16,20,21)/t8-/m0/s1. The van der Waals surface area contributed by atoms with Gasteiger partial charge in [-0.2, -0.15) is 4.98 Å². The van der Waals surface area contributed by atoms with E-state index in [4.69, 9.17) is 4.52 Å². The number of amides is 4. The summed E-state index contributed by atoms with van der Waals surface area (Å²) < 4.78 is 5.01. The SMILES string of the molecule is Cc1nc(C2(NC(=O)C[C@@H]3NC(=O)NC3=O)CCCC2)no1. The van der Waals surface area contributed by atoms with Crippen molar-refractivity contribution in [2.24, 2.45) is 0 Å². The molecule has 1 aliphatic carbocycles. The second-order valence-corrected chi connectivity index (χ2v) is 5.69. The number of urea groups is 1. The molecule has 9 nitrogen and oxygen atoms in total. The van der Waals surface area contributed by atoms with Crippen molar-refractivity contribution in [3.8, 4) is 0 Å². The van der Waals surface area contributed by atoms with Crippen LogP contribution in [0.2, 0.25) is 0 Å². The highest BCUT2D eigenvalue weighted by Crippen LogP contribution is 2.37. The lowest BCUT2D eigenvalue weighted by atomic mass is 9.96. The Bertz CT molecular complexity index is 620. The average molecular weight is 307 g/mol. The van der Waals surface area contributed by atoms with E-state index >= 15 is 0 Å². The summed E-state index contributed by atoms with van der Waals surface area (Å²) in [5, 5.41) is 11.4. The van der Waals surface area contributed by atoms with Gasteiger partial charge in [0.05, 0.1) is 6.42 Å². The summed E-state index contributed by atoms with van der Waals surface area (Å²) in [6.45, 7) is 1.69. The van der Waals surface area contributed by atoms with Crippen LogP contribution in [0.3, 0.4) is 0 Å². The monoisotopic (exact) mass is 307 g/mol. The Morgan fingerprint density at radius 1 is 1.41 bits per heavy atom. The highest BCUT2D eigenvalue weighted by Gasteiger charge is 2.42. The first-order valence-corrected chi connectivity index (χ1v) is 7.22. The van der Waals surface area contributed by atoms with Crippen LogP contribution in [0.15, 0.2) is 4.52 Å². The van der Waals surface area contributed by atoms with E-state index in [-0.39, 0.29) is 12.3 Å². The number of carbonyl (C=O) groups excluding carboxylic acids is 3. The molecule has 1 saturated carbocycles. The predicted octanol–water partition coefficient (Wildman–Crippen LogP) is -0.138. The number of hydrogen-bond acceptors (Lipinski definition) is 6. The number of nitrogens with zero attached hydrogens (tertiary/aromatic N) is 2. The van der Waals surface area contributed by atoms with Gasteiger partial charge in [0.1, 0.15) is 11.6 Å². The molecule has 0 radical (unpaired) electrons. The van der Waals surface area contributed by atoms with Gasteiger partial charge < -0.3 is 15.2 Å². The number of aryl methyl sites for hydroxylation is 1. The summed E-state index contributed by atoms with van der Waals surface area (Å²) >= 11 is 0. The minimum Gasteiger partial charge on any atom is -0.343 e. The van der Waals surface area contributed by atoms with Crippen molar-refractivity contribution in [2.45, 2.75) is 50.6 Å². The molecule has 3 N–H and O–H groups in total. The fourth-order valence-electron chi connectivity index (χ4n) is 2.98. The van der Waals surface area contributed by atoms with Gasteiger partial charge in [0.25, 0.3) is 5.91 Å². The molecule has 9 heteroatoms. The summed E-state index contributed by atoms with van der Waals surface area (Å²) in [4.78, 5) is 39.1. The van der Waals surface area contributed by atoms with Gasteiger partial charge in [-0.15, -0.1) is 0 Å². The lowest BCUT2D eigenvalue weighted by molar-refractivity contribution is -0.127. The molecule has 22 heavy (non-hydrogen) atoms. The minimum absolute atomic E-state index is 0.115. The van der Waals surface area contributed by atoms with Crippen LogP contribution in [0, 0.1) is 6.92 Å². The molecule has 0 spiro atoms. The van der Waals surface area contributed by atoms with Gasteiger partial charge in [0.2, 0.25) is 11.8 Å². The Labute approximate surface area is 126 Å². The second kappa shape index (κ2) is 5.39. The zero-order valence-corrected chi connectivity index (χ0v) is 12.1. The van der Waals surface area contributed by atoms with Gasteiger partial charge in [0, 0.05) is 6.92 Å². The van der Waals surface area contributed by atoms with Crippen LogP contribution in [0.4, 0.5) is 4.79 Å². The first-order valence-electron chi connectivity index (χ1n) is 7.22. The van der Waals surface area contributed by atoms with E-state index in [1.807, 2.05) is 0 Å². The molecule has 0 unspecified atom stereocenters. The number of carbonyl (C=O) groups is 3. The van der Waals surface area contributed by atoms with Crippen molar-refractivity contribution >= 4 is 17.8 Å².